The van der Waals surface area contributed by atoms with E-state index >= 15 is 0 Å². The summed E-state index contributed by atoms with van der Waals surface area (Å²) in [6.45, 7) is 0.211. The third kappa shape index (κ3) is 3.05. The molecule has 0 aliphatic heterocycles. The van der Waals surface area contributed by atoms with Crippen molar-refractivity contribution in [3.63, 3.8) is 0 Å². The summed E-state index contributed by atoms with van der Waals surface area (Å²) >= 11 is 0. The minimum Gasteiger partial charge on any atom is -0.341 e. The Labute approximate surface area is 141 Å². The van der Waals surface area contributed by atoms with E-state index in [1.54, 1.807) is 36.2 Å². The average molecular weight is 329 g/mol. The number of likely N-dealkylation sites (N-methyl/N-ethyl adjacent to an activating group) is 1. The summed E-state index contributed by atoms with van der Waals surface area (Å²) in [5.41, 5.74) is 0.522. The van der Waals surface area contributed by atoms with Crippen molar-refractivity contribution in [2.75, 3.05) is 7.05 Å². The van der Waals surface area contributed by atoms with Crippen molar-refractivity contribution in [1.29, 1.82) is 0 Å². The third-order valence-corrected chi connectivity index (χ3v) is 4.96. The molecule has 0 unspecified atom stereocenters. The molecule has 1 amide bonds. The fourth-order valence-corrected chi connectivity index (χ4v) is 3.71. The molecule has 0 N–H and O–H groups in total. The molecule has 4 heteroatoms. The number of carbonyl (C=O) groups excluding carboxylic acids is 1. The van der Waals surface area contributed by atoms with Crippen LogP contribution in [0.3, 0.4) is 0 Å². The molecule has 0 aromatic heterocycles. The van der Waals surface area contributed by atoms with Crippen LogP contribution in [-0.4, -0.2) is 17.9 Å². The molecule has 3 rings (SSSR count). The highest BCUT2D eigenvalue weighted by atomic mass is 19.1. The van der Waals surface area contributed by atoms with Crippen molar-refractivity contribution < 1.29 is 13.6 Å². The van der Waals surface area contributed by atoms with Crippen LogP contribution in [0.5, 0.6) is 0 Å². The lowest BCUT2D eigenvalue weighted by molar-refractivity contribution is -0.136. The van der Waals surface area contributed by atoms with Crippen LogP contribution in [0.1, 0.15) is 36.8 Å². The van der Waals surface area contributed by atoms with E-state index in [2.05, 4.69) is 0 Å². The first-order valence-electron chi connectivity index (χ1n) is 8.28. The highest BCUT2D eigenvalue weighted by Crippen LogP contribution is 2.42. The molecule has 0 bridgehead atoms. The Hall–Kier alpha value is -2.23. The van der Waals surface area contributed by atoms with E-state index in [0.717, 1.165) is 18.4 Å². The molecule has 1 aliphatic carbocycles. The van der Waals surface area contributed by atoms with Gasteiger partial charge in [-0.2, -0.15) is 0 Å². The largest absolute Gasteiger partial charge is 0.341 e. The van der Waals surface area contributed by atoms with Gasteiger partial charge in [-0.3, -0.25) is 4.79 Å². The minimum atomic E-state index is -0.692. The fourth-order valence-electron chi connectivity index (χ4n) is 3.71. The standard InChI is InChI=1S/C20H21F2NO/c1-23(14-15-7-2-3-10-18(15)22)19(24)20(11-4-5-12-20)16-8-6-9-17(21)13-16/h2-3,6-10,13H,4-5,11-12,14H2,1H3. The van der Waals surface area contributed by atoms with Gasteiger partial charge in [0, 0.05) is 19.2 Å². The van der Waals surface area contributed by atoms with Crippen LogP contribution in [0.25, 0.3) is 0 Å². The molecule has 24 heavy (non-hydrogen) atoms. The molecule has 2 aromatic rings. The molecule has 2 nitrogen and oxygen atoms in total. The van der Waals surface area contributed by atoms with Crippen molar-refractivity contribution in [2.45, 2.75) is 37.6 Å². The Morgan fingerprint density at radius 1 is 1.08 bits per heavy atom. The van der Waals surface area contributed by atoms with Crippen molar-refractivity contribution >= 4 is 5.91 Å². The van der Waals surface area contributed by atoms with E-state index in [-0.39, 0.29) is 24.1 Å². The zero-order valence-electron chi connectivity index (χ0n) is 13.8. The summed E-state index contributed by atoms with van der Waals surface area (Å²) in [4.78, 5) is 14.7. The van der Waals surface area contributed by atoms with Crippen molar-refractivity contribution in [3.8, 4) is 0 Å². The lowest BCUT2D eigenvalue weighted by Crippen LogP contribution is -2.43. The highest BCUT2D eigenvalue weighted by Gasteiger charge is 2.44. The summed E-state index contributed by atoms with van der Waals surface area (Å²) in [6, 6.07) is 12.8. The highest BCUT2D eigenvalue weighted by molar-refractivity contribution is 5.88. The summed E-state index contributed by atoms with van der Waals surface area (Å²) in [6.07, 6.45) is 3.29. The quantitative estimate of drug-likeness (QED) is 0.812. The van der Waals surface area contributed by atoms with Gasteiger partial charge in [0.05, 0.1) is 5.41 Å². The lowest BCUT2D eigenvalue weighted by Gasteiger charge is -2.33. The molecule has 0 radical (unpaired) electrons. The van der Waals surface area contributed by atoms with E-state index in [1.807, 2.05) is 6.07 Å². The van der Waals surface area contributed by atoms with Gasteiger partial charge in [0.2, 0.25) is 5.91 Å². The lowest BCUT2D eigenvalue weighted by atomic mass is 9.77. The molecule has 0 heterocycles. The molecule has 126 valence electrons. The van der Waals surface area contributed by atoms with E-state index in [1.165, 1.54) is 18.2 Å². The van der Waals surface area contributed by atoms with Gasteiger partial charge in [0.25, 0.3) is 0 Å². The first-order valence-corrected chi connectivity index (χ1v) is 8.28. The number of amides is 1. The Bertz CT molecular complexity index is 738. The van der Waals surface area contributed by atoms with E-state index in [0.29, 0.717) is 18.4 Å². The first kappa shape index (κ1) is 16.6. The first-order chi connectivity index (χ1) is 11.5. The molecular formula is C20H21F2NO. The molecule has 1 aliphatic rings. The van der Waals surface area contributed by atoms with Crippen molar-refractivity contribution in [3.05, 3.63) is 71.3 Å². The number of halogens is 2. The van der Waals surface area contributed by atoms with Crippen LogP contribution in [-0.2, 0) is 16.8 Å². The Balaban J connectivity index is 1.89. The van der Waals surface area contributed by atoms with Gasteiger partial charge in [-0.1, -0.05) is 43.2 Å². The number of benzene rings is 2. The second-order valence-corrected chi connectivity index (χ2v) is 6.55. The van der Waals surface area contributed by atoms with Crippen LogP contribution in [0.2, 0.25) is 0 Å². The van der Waals surface area contributed by atoms with E-state index in [4.69, 9.17) is 0 Å². The SMILES string of the molecule is CN(Cc1ccccc1F)C(=O)C1(c2cccc(F)c2)CCCC1. The van der Waals surface area contributed by atoms with Gasteiger partial charge in [-0.05, 0) is 36.6 Å². The molecule has 1 fully saturated rings. The summed E-state index contributed by atoms with van der Waals surface area (Å²) in [5.74, 6) is -0.708. The van der Waals surface area contributed by atoms with Gasteiger partial charge >= 0.3 is 0 Å². The van der Waals surface area contributed by atoms with Gasteiger partial charge in [0.1, 0.15) is 11.6 Å². The number of rotatable bonds is 4. The monoisotopic (exact) mass is 329 g/mol. The van der Waals surface area contributed by atoms with Crippen LogP contribution >= 0.6 is 0 Å². The predicted octanol–water partition coefficient (Wildman–Crippen LogP) is 4.44. The van der Waals surface area contributed by atoms with Crippen LogP contribution in [0.4, 0.5) is 8.78 Å². The second-order valence-electron chi connectivity index (χ2n) is 6.55. The van der Waals surface area contributed by atoms with Crippen LogP contribution in [0, 0.1) is 11.6 Å². The maximum absolute atomic E-state index is 13.9. The van der Waals surface area contributed by atoms with E-state index in [9.17, 15) is 13.6 Å². The minimum absolute atomic E-state index is 0.0612. The van der Waals surface area contributed by atoms with Gasteiger partial charge in [0.15, 0.2) is 0 Å². The Kier molecular flexibility index (Phi) is 4.65. The number of hydrogen-bond donors (Lipinski definition) is 0. The van der Waals surface area contributed by atoms with Crippen LogP contribution in [0.15, 0.2) is 48.5 Å². The number of hydrogen-bond acceptors (Lipinski definition) is 1. The average Bonchev–Trinajstić information content (AvgIpc) is 3.07. The smallest absolute Gasteiger partial charge is 0.233 e. The zero-order valence-corrected chi connectivity index (χ0v) is 13.8. The summed E-state index contributed by atoms with van der Waals surface area (Å²) in [5, 5.41) is 0. The predicted molar refractivity (Wildman–Crippen MR) is 89.4 cm³/mol. The molecule has 0 saturated heterocycles. The normalized spacial score (nSPS) is 16.1. The molecule has 0 spiro atoms. The van der Waals surface area contributed by atoms with Gasteiger partial charge in [-0.15, -0.1) is 0 Å². The third-order valence-electron chi connectivity index (χ3n) is 4.96. The van der Waals surface area contributed by atoms with Crippen LogP contribution < -0.4 is 0 Å². The number of carbonyl (C=O) groups is 1. The van der Waals surface area contributed by atoms with E-state index < -0.39 is 5.41 Å². The summed E-state index contributed by atoms with van der Waals surface area (Å²) < 4.78 is 27.6. The zero-order chi connectivity index (χ0) is 17.2. The van der Waals surface area contributed by atoms with Gasteiger partial charge in [-0.25, -0.2) is 8.78 Å². The second kappa shape index (κ2) is 6.71. The molecule has 2 aromatic carbocycles. The Morgan fingerprint density at radius 2 is 1.79 bits per heavy atom. The Morgan fingerprint density at radius 3 is 2.46 bits per heavy atom. The molecule has 1 saturated carbocycles. The molecular weight excluding hydrogens is 308 g/mol. The maximum Gasteiger partial charge on any atom is 0.233 e. The summed E-state index contributed by atoms with van der Waals surface area (Å²) in [7, 11) is 1.69. The van der Waals surface area contributed by atoms with Crippen molar-refractivity contribution in [2.24, 2.45) is 0 Å². The fraction of sp³-hybridized carbons (Fsp3) is 0.350. The van der Waals surface area contributed by atoms with Gasteiger partial charge < -0.3 is 4.90 Å². The molecule has 0 atom stereocenters. The number of nitrogens with zero attached hydrogens (tertiary/aromatic N) is 1. The topological polar surface area (TPSA) is 20.3 Å². The van der Waals surface area contributed by atoms with Crippen molar-refractivity contribution in [1.82, 2.24) is 4.90 Å². The maximum atomic E-state index is 13.9.